The third-order valence-electron chi connectivity index (χ3n) is 4.43. The number of rotatable bonds is 3. The van der Waals surface area contributed by atoms with E-state index >= 15 is 0 Å². The first-order valence-corrected chi connectivity index (χ1v) is 8.59. The molecule has 1 aromatic rings. The fourth-order valence-electron chi connectivity index (χ4n) is 3.19. The van der Waals surface area contributed by atoms with Crippen LogP contribution in [0.2, 0.25) is 0 Å². The van der Waals surface area contributed by atoms with Gasteiger partial charge in [-0.25, -0.2) is 14.8 Å². The molecule has 3 N–H and O–H groups in total. The van der Waals surface area contributed by atoms with Gasteiger partial charge in [-0.05, 0) is 38.2 Å². The molecule has 3 rings (SSSR count). The Labute approximate surface area is 141 Å². The Kier molecular flexibility index (Phi) is 5.45. The lowest BCUT2D eigenvalue weighted by Crippen LogP contribution is -2.54. The Balaban J connectivity index is 1.51. The Morgan fingerprint density at radius 1 is 1.17 bits per heavy atom. The standard InChI is InChI=1S/C16H24N6O2/c23-14-13(6-1-2-7-17-14)21-16(24)20-12-5-3-10-22(11-12)15-18-8-4-9-19-15/h4,8-9,12-13H,1-3,5-7,10-11H2,(H,17,23)(H2,20,21,24)/t12-,13-/m0/s1. The minimum Gasteiger partial charge on any atom is -0.354 e. The SMILES string of the molecule is O=C(N[C@H]1CCCN(c2ncccn2)C1)N[C@H]1CCCCNC1=O. The summed E-state index contributed by atoms with van der Waals surface area (Å²) >= 11 is 0. The molecule has 2 aliphatic rings. The highest BCUT2D eigenvalue weighted by molar-refractivity contribution is 5.87. The lowest BCUT2D eigenvalue weighted by molar-refractivity contribution is -0.122. The molecule has 0 aromatic carbocycles. The van der Waals surface area contributed by atoms with Crippen molar-refractivity contribution in [1.82, 2.24) is 25.9 Å². The van der Waals surface area contributed by atoms with E-state index in [1.807, 2.05) is 0 Å². The third-order valence-corrected chi connectivity index (χ3v) is 4.43. The Morgan fingerprint density at radius 2 is 2.00 bits per heavy atom. The van der Waals surface area contributed by atoms with Crippen LogP contribution in [0.5, 0.6) is 0 Å². The molecular weight excluding hydrogens is 308 g/mol. The monoisotopic (exact) mass is 332 g/mol. The molecule has 2 saturated heterocycles. The van der Waals surface area contributed by atoms with Crippen LogP contribution in [-0.2, 0) is 4.79 Å². The van der Waals surface area contributed by atoms with E-state index in [0.29, 0.717) is 25.5 Å². The van der Waals surface area contributed by atoms with Crippen molar-refractivity contribution < 1.29 is 9.59 Å². The molecule has 0 unspecified atom stereocenters. The van der Waals surface area contributed by atoms with E-state index in [1.165, 1.54) is 0 Å². The van der Waals surface area contributed by atoms with Crippen molar-refractivity contribution in [3.63, 3.8) is 0 Å². The van der Waals surface area contributed by atoms with Crippen LogP contribution in [-0.4, -0.2) is 53.6 Å². The molecule has 2 atom stereocenters. The molecule has 3 amide bonds. The van der Waals surface area contributed by atoms with Gasteiger partial charge in [-0.3, -0.25) is 4.79 Å². The molecule has 8 nitrogen and oxygen atoms in total. The lowest BCUT2D eigenvalue weighted by atomic mass is 10.1. The fraction of sp³-hybridized carbons (Fsp3) is 0.625. The van der Waals surface area contributed by atoms with Crippen LogP contribution in [0, 0.1) is 0 Å². The van der Waals surface area contributed by atoms with Gasteiger partial charge in [0.2, 0.25) is 11.9 Å². The molecule has 8 heteroatoms. The number of piperidine rings is 1. The zero-order valence-electron chi connectivity index (χ0n) is 13.7. The number of nitrogens with zero attached hydrogens (tertiary/aromatic N) is 3. The number of anilines is 1. The second kappa shape index (κ2) is 7.94. The first kappa shape index (κ1) is 16.5. The molecule has 130 valence electrons. The Bertz CT molecular complexity index is 567. The summed E-state index contributed by atoms with van der Waals surface area (Å²) in [6.45, 7) is 2.25. The van der Waals surface area contributed by atoms with E-state index in [9.17, 15) is 9.59 Å². The van der Waals surface area contributed by atoms with Crippen molar-refractivity contribution in [2.24, 2.45) is 0 Å². The molecular formula is C16H24N6O2. The smallest absolute Gasteiger partial charge is 0.315 e. The van der Waals surface area contributed by atoms with Crippen LogP contribution in [0.3, 0.4) is 0 Å². The number of nitrogens with one attached hydrogen (secondary N) is 3. The highest BCUT2D eigenvalue weighted by atomic mass is 16.2. The Morgan fingerprint density at radius 3 is 2.83 bits per heavy atom. The minimum absolute atomic E-state index is 0.0244. The number of urea groups is 1. The number of carbonyl (C=O) groups excluding carboxylic acids is 2. The summed E-state index contributed by atoms with van der Waals surface area (Å²) in [7, 11) is 0. The van der Waals surface area contributed by atoms with E-state index in [2.05, 4.69) is 30.8 Å². The number of hydrogen-bond donors (Lipinski definition) is 3. The van der Waals surface area contributed by atoms with Crippen molar-refractivity contribution in [3.05, 3.63) is 18.5 Å². The van der Waals surface area contributed by atoms with E-state index in [0.717, 1.165) is 32.2 Å². The fourth-order valence-corrected chi connectivity index (χ4v) is 3.19. The van der Waals surface area contributed by atoms with Crippen molar-refractivity contribution >= 4 is 17.9 Å². The number of aromatic nitrogens is 2. The zero-order chi connectivity index (χ0) is 16.8. The van der Waals surface area contributed by atoms with E-state index < -0.39 is 6.04 Å². The molecule has 0 aliphatic carbocycles. The summed E-state index contributed by atoms with van der Waals surface area (Å²) in [4.78, 5) is 34.7. The molecule has 0 spiro atoms. The predicted molar refractivity (Wildman–Crippen MR) is 89.6 cm³/mol. The van der Waals surface area contributed by atoms with Crippen molar-refractivity contribution in [1.29, 1.82) is 0 Å². The maximum Gasteiger partial charge on any atom is 0.315 e. The second-order valence-electron chi connectivity index (χ2n) is 6.29. The van der Waals surface area contributed by atoms with Crippen LogP contribution in [0.4, 0.5) is 10.7 Å². The molecule has 24 heavy (non-hydrogen) atoms. The van der Waals surface area contributed by atoms with Crippen LogP contribution < -0.4 is 20.9 Å². The van der Waals surface area contributed by atoms with E-state index in [1.54, 1.807) is 18.5 Å². The summed E-state index contributed by atoms with van der Waals surface area (Å²) in [5.41, 5.74) is 0. The average molecular weight is 332 g/mol. The summed E-state index contributed by atoms with van der Waals surface area (Å²) in [6, 6.07) is 1.09. The summed E-state index contributed by atoms with van der Waals surface area (Å²) < 4.78 is 0. The van der Waals surface area contributed by atoms with Crippen LogP contribution >= 0.6 is 0 Å². The average Bonchev–Trinajstić information content (AvgIpc) is 2.80. The predicted octanol–water partition coefficient (Wildman–Crippen LogP) is 0.413. The van der Waals surface area contributed by atoms with Gasteiger partial charge in [-0.15, -0.1) is 0 Å². The largest absolute Gasteiger partial charge is 0.354 e. The highest BCUT2D eigenvalue weighted by Crippen LogP contribution is 2.15. The lowest BCUT2D eigenvalue weighted by Gasteiger charge is -2.33. The minimum atomic E-state index is -0.440. The van der Waals surface area contributed by atoms with Crippen molar-refractivity contribution in [3.8, 4) is 0 Å². The molecule has 2 aliphatic heterocycles. The number of carbonyl (C=O) groups is 2. The molecule has 0 bridgehead atoms. The van der Waals surface area contributed by atoms with E-state index in [4.69, 9.17) is 0 Å². The molecule has 0 saturated carbocycles. The molecule has 0 radical (unpaired) electrons. The maximum atomic E-state index is 12.2. The van der Waals surface area contributed by atoms with Gasteiger partial charge < -0.3 is 20.9 Å². The third kappa shape index (κ3) is 4.33. The molecule has 2 fully saturated rings. The van der Waals surface area contributed by atoms with Crippen molar-refractivity contribution in [2.75, 3.05) is 24.5 Å². The zero-order valence-corrected chi connectivity index (χ0v) is 13.7. The van der Waals surface area contributed by atoms with Gasteiger partial charge >= 0.3 is 6.03 Å². The summed E-state index contributed by atoms with van der Waals surface area (Å²) in [5.74, 6) is 0.596. The first-order valence-electron chi connectivity index (χ1n) is 8.59. The maximum absolute atomic E-state index is 12.2. The van der Waals surface area contributed by atoms with Crippen LogP contribution in [0.1, 0.15) is 32.1 Å². The van der Waals surface area contributed by atoms with Gasteiger partial charge in [-0.1, -0.05) is 0 Å². The summed E-state index contributed by atoms with van der Waals surface area (Å²) in [5, 5.41) is 8.60. The first-order chi connectivity index (χ1) is 11.7. The second-order valence-corrected chi connectivity index (χ2v) is 6.29. The van der Waals surface area contributed by atoms with Crippen molar-refractivity contribution in [2.45, 2.75) is 44.2 Å². The number of hydrogen-bond acceptors (Lipinski definition) is 5. The molecule has 1 aromatic heterocycles. The van der Waals surface area contributed by atoms with Gasteiger partial charge in [0.1, 0.15) is 6.04 Å². The highest BCUT2D eigenvalue weighted by Gasteiger charge is 2.26. The van der Waals surface area contributed by atoms with E-state index in [-0.39, 0.29) is 18.0 Å². The summed E-state index contributed by atoms with van der Waals surface area (Å²) in [6.07, 6.45) is 7.90. The quantitative estimate of drug-likeness (QED) is 0.745. The molecule has 3 heterocycles. The van der Waals surface area contributed by atoms with Gasteiger partial charge in [-0.2, -0.15) is 0 Å². The number of amides is 3. The van der Waals surface area contributed by atoms with Gasteiger partial charge in [0.05, 0.1) is 0 Å². The topological polar surface area (TPSA) is 99.2 Å². The Hall–Kier alpha value is -2.38. The van der Waals surface area contributed by atoms with Crippen LogP contribution in [0.15, 0.2) is 18.5 Å². The van der Waals surface area contributed by atoms with Gasteiger partial charge in [0, 0.05) is 38.1 Å². The van der Waals surface area contributed by atoms with Gasteiger partial charge in [0.25, 0.3) is 0 Å². The van der Waals surface area contributed by atoms with Gasteiger partial charge in [0.15, 0.2) is 0 Å². The van der Waals surface area contributed by atoms with Crippen LogP contribution in [0.25, 0.3) is 0 Å². The normalized spacial score (nSPS) is 24.7.